The highest BCUT2D eigenvalue weighted by Gasteiger charge is 2.44. The van der Waals surface area contributed by atoms with Gasteiger partial charge < -0.3 is 30.5 Å². The molecule has 5 atom stereocenters. The van der Waals surface area contributed by atoms with Gasteiger partial charge in [0.15, 0.2) is 6.29 Å². The number of carbonyl (C=O) groups excluding carboxylic acids is 1. The molecule has 0 saturated carbocycles. The maximum atomic E-state index is 11.1. The standard InChI is InChI=1S/C9H17NO6/c1-2-5(12)10-6-8(14)7(13)4(3-11)16-9(6)15/h4,6-9,11,13-15H,2-3H2,1H3,(H,10,12)/t4?,6?,7-,8?,9+/m1/s1. The molecular weight excluding hydrogens is 218 g/mol. The second-order valence-corrected chi connectivity index (χ2v) is 3.68. The minimum Gasteiger partial charge on any atom is -0.394 e. The van der Waals surface area contributed by atoms with E-state index in [4.69, 9.17) is 9.84 Å². The van der Waals surface area contributed by atoms with E-state index in [1.54, 1.807) is 6.92 Å². The molecule has 0 spiro atoms. The van der Waals surface area contributed by atoms with E-state index >= 15 is 0 Å². The highest BCUT2D eigenvalue weighted by Crippen LogP contribution is 2.19. The fourth-order valence-corrected chi connectivity index (χ4v) is 1.54. The molecule has 1 rings (SSSR count). The van der Waals surface area contributed by atoms with Gasteiger partial charge in [0.25, 0.3) is 0 Å². The number of rotatable bonds is 3. The Bertz CT molecular complexity index is 248. The first-order chi connectivity index (χ1) is 7.51. The first kappa shape index (κ1) is 13.3. The van der Waals surface area contributed by atoms with Gasteiger partial charge in [-0.2, -0.15) is 0 Å². The Morgan fingerprint density at radius 2 is 1.94 bits per heavy atom. The highest BCUT2D eigenvalue weighted by molar-refractivity contribution is 5.76. The van der Waals surface area contributed by atoms with Gasteiger partial charge in [0.2, 0.25) is 5.91 Å². The van der Waals surface area contributed by atoms with Crippen molar-refractivity contribution in [3.63, 3.8) is 0 Å². The van der Waals surface area contributed by atoms with Crippen LogP contribution >= 0.6 is 0 Å². The number of ether oxygens (including phenoxy) is 1. The third kappa shape index (κ3) is 2.69. The van der Waals surface area contributed by atoms with Crippen molar-refractivity contribution in [3.8, 4) is 0 Å². The molecule has 1 amide bonds. The smallest absolute Gasteiger partial charge is 0.220 e. The van der Waals surface area contributed by atoms with Crippen LogP contribution in [0.25, 0.3) is 0 Å². The number of nitrogens with one attached hydrogen (secondary N) is 1. The van der Waals surface area contributed by atoms with E-state index in [1.165, 1.54) is 0 Å². The lowest BCUT2D eigenvalue weighted by Crippen LogP contribution is -2.64. The summed E-state index contributed by atoms with van der Waals surface area (Å²) in [6, 6.07) is -1.09. The molecule has 0 aliphatic carbocycles. The van der Waals surface area contributed by atoms with Gasteiger partial charge in [0, 0.05) is 6.42 Å². The predicted molar refractivity (Wildman–Crippen MR) is 52.2 cm³/mol. The molecule has 7 heteroatoms. The second-order valence-electron chi connectivity index (χ2n) is 3.68. The Morgan fingerprint density at radius 3 is 2.44 bits per heavy atom. The van der Waals surface area contributed by atoms with Crippen LogP contribution in [0.3, 0.4) is 0 Å². The van der Waals surface area contributed by atoms with Crippen molar-refractivity contribution < 1.29 is 30.0 Å². The second kappa shape index (κ2) is 5.55. The summed E-state index contributed by atoms with van der Waals surface area (Å²) in [6.45, 7) is 1.09. The zero-order valence-corrected chi connectivity index (χ0v) is 8.91. The summed E-state index contributed by atoms with van der Waals surface area (Å²) in [6.07, 6.45) is -5.05. The normalized spacial score (nSPS) is 39.4. The van der Waals surface area contributed by atoms with Crippen molar-refractivity contribution in [2.45, 2.75) is 44.0 Å². The molecule has 0 radical (unpaired) electrons. The van der Waals surface area contributed by atoms with Gasteiger partial charge in [-0.05, 0) is 0 Å². The minimum absolute atomic E-state index is 0.190. The van der Waals surface area contributed by atoms with Gasteiger partial charge in [0.05, 0.1) is 6.61 Å². The zero-order valence-electron chi connectivity index (χ0n) is 8.91. The summed E-state index contributed by atoms with van der Waals surface area (Å²) in [4.78, 5) is 11.1. The highest BCUT2D eigenvalue weighted by atomic mass is 16.6. The van der Waals surface area contributed by atoms with Crippen LogP contribution < -0.4 is 5.32 Å². The molecule has 1 saturated heterocycles. The maximum absolute atomic E-state index is 11.1. The lowest BCUT2D eigenvalue weighted by molar-refractivity contribution is -0.253. The first-order valence-electron chi connectivity index (χ1n) is 5.11. The molecule has 3 unspecified atom stereocenters. The molecule has 1 aliphatic rings. The van der Waals surface area contributed by atoms with E-state index < -0.39 is 37.3 Å². The van der Waals surface area contributed by atoms with Crippen molar-refractivity contribution in [3.05, 3.63) is 0 Å². The molecule has 0 bridgehead atoms. The molecule has 7 nitrogen and oxygen atoms in total. The molecule has 94 valence electrons. The first-order valence-corrected chi connectivity index (χ1v) is 5.11. The molecule has 0 aromatic heterocycles. The average molecular weight is 235 g/mol. The Hall–Kier alpha value is -0.730. The third-order valence-electron chi connectivity index (χ3n) is 2.55. The number of carbonyl (C=O) groups is 1. The monoisotopic (exact) mass is 235 g/mol. The quantitative estimate of drug-likeness (QED) is 0.363. The van der Waals surface area contributed by atoms with Crippen molar-refractivity contribution in [2.24, 2.45) is 0 Å². The van der Waals surface area contributed by atoms with E-state index in [-0.39, 0.29) is 12.3 Å². The van der Waals surface area contributed by atoms with Crippen LogP contribution in [0.2, 0.25) is 0 Å². The van der Waals surface area contributed by atoms with Crippen LogP contribution in [0, 0.1) is 0 Å². The van der Waals surface area contributed by atoms with Crippen LogP contribution in [0.1, 0.15) is 13.3 Å². The molecule has 5 N–H and O–H groups in total. The largest absolute Gasteiger partial charge is 0.394 e. The summed E-state index contributed by atoms with van der Waals surface area (Å²) in [5, 5.41) is 39.8. The lowest BCUT2D eigenvalue weighted by Gasteiger charge is -2.40. The van der Waals surface area contributed by atoms with E-state index in [9.17, 15) is 20.1 Å². The Morgan fingerprint density at radius 1 is 1.31 bits per heavy atom. The minimum atomic E-state index is -1.45. The van der Waals surface area contributed by atoms with Gasteiger partial charge in [-0.15, -0.1) is 0 Å². The molecule has 0 aromatic rings. The predicted octanol–water partition coefficient (Wildman–Crippen LogP) is -2.69. The summed E-state index contributed by atoms with van der Waals surface area (Å²) < 4.78 is 4.86. The van der Waals surface area contributed by atoms with E-state index in [0.717, 1.165) is 0 Å². The number of hydrogen-bond acceptors (Lipinski definition) is 6. The molecule has 1 heterocycles. The Kier molecular flexibility index (Phi) is 4.63. The van der Waals surface area contributed by atoms with Gasteiger partial charge in [0.1, 0.15) is 24.4 Å². The Balaban J connectivity index is 2.67. The SMILES string of the molecule is CCC(=O)NC1C(O)[C@H](O)C(CO)O[C@@H]1O. The number of hydrogen-bond donors (Lipinski definition) is 5. The lowest BCUT2D eigenvalue weighted by atomic mass is 9.97. The molecule has 1 aliphatic heterocycles. The topological polar surface area (TPSA) is 119 Å². The van der Waals surface area contributed by atoms with Gasteiger partial charge >= 0.3 is 0 Å². The number of aliphatic hydroxyl groups is 4. The van der Waals surface area contributed by atoms with Crippen molar-refractivity contribution in [1.29, 1.82) is 0 Å². The van der Waals surface area contributed by atoms with Gasteiger partial charge in [-0.3, -0.25) is 4.79 Å². The van der Waals surface area contributed by atoms with E-state index in [2.05, 4.69) is 5.32 Å². The molecular formula is C9H17NO6. The number of amides is 1. The summed E-state index contributed by atoms with van der Waals surface area (Å²) in [5.74, 6) is -0.374. The van der Waals surface area contributed by atoms with Crippen LogP contribution in [-0.4, -0.2) is 63.6 Å². The van der Waals surface area contributed by atoms with Crippen LogP contribution in [-0.2, 0) is 9.53 Å². The summed E-state index contributed by atoms with van der Waals surface area (Å²) in [5.41, 5.74) is 0. The number of aliphatic hydroxyl groups excluding tert-OH is 4. The maximum Gasteiger partial charge on any atom is 0.220 e. The van der Waals surface area contributed by atoms with Crippen LogP contribution in [0.4, 0.5) is 0 Å². The van der Waals surface area contributed by atoms with Gasteiger partial charge in [-0.1, -0.05) is 6.92 Å². The van der Waals surface area contributed by atoms with Crippen molar-refractivity contribution in [2.75, 3.05) is 6.61 Å². The third-order valence-corrected chi connectivity index (χ3v) is 2.55. The fourth-order valence-electron chi connectivity index (χ4n) is 1.54. The van der Waals surface area contributed by atoms with E-state index in [1.807, 2.05) is 0 Å². The van der Waals surface area contributed by atoms with Crippen LogP contribution in [0.5, 0.6) is 0 Å². The van der Waals surface area contributed by atoms with E-state index in [0.29, 0.717) is 0 Å². The van der Waals surface area contributed by atoms with Crippen molar-refractivity contribution in [1.82, 2.24) is 5.32 Å². The zero-order chi connectivity index (χ0) is 12.3. The Labute approximate surface area is 92.7 Å². The summed E-state index contributed by atoms with van der Waals surface area (Å²) >= 11 is 0. The molecule has 0 aromatic carbocycles. The van der Waals surface area contributed by atoms with Crippen LogP contribution in [0.15, 0.2) is 0 Å². The van der Waals surface area contributed by atoms with Crippen molar-refractivity contribution >= 4 is 5.91 Å². The molecule has 16 heavy (non-hydrogen) atoms. The van der Waals surface area contributed by atoms with Gasteiger partial charge in [-0.25, -0.2) is 0 Å². The summed E-state index contributed by atoms with van der Waals surface area (Å²) in [7, 11) is 0. The molecule has 1 fully saturated rings. The fraction of sp³-hybridized carbons (Fsp3) is 0.889. The average Bonchev–Trinajstić information content (AvgIpc) is 2.28.